The lowest BCUT2D eigenvalue weighted by Gasteiger charge is -2.12. The number of nitrogens with one attached hydrogen (secondary N) is 1. The van der Waals surface area contributed by atoms with Crippen LogP contribution in [-0.4, -0.2) is 14.2 Å². The van der Waals surface area contributed by atoms with Gasteiger partial charge in [0.1, 0.15) is 0 Å². The molecule has 0 amide bonds. The van der Waals surface area contributed by atoms with E-state index in [1.165, 1.54) is 0 Å². The van der Waals surface area contributed by atoms with Crippen molar-refractivity contribution in [3.05, 3.63) is 51.5 Å². The molecule has 0 aliphatic rings. The van der Waals surface area contributed by atoms with Crippen molar-refractivity contribution in [2.45, 2.75) is 6.54 Å². The minimum absolute atomic E-state index is 0.633. The molecule has 0 aliphatic carbocycles. The van der Waals surface area contributed by atoms with Gasteiger partial charge in [-0.25, -0.2) is 0 Å². The summed E-state index contributed by atoms with van der Waals surface area (Å²) in [7, 11) is 3.24. The Morgan fingerprint density at radius 2 is 1.80 bits per heavy atom. The zero-order valence-corrected chi connectivity index (χ0v) is 13.6. The van der Waals surface area contributed by atoms with Crippen LogP contribution in [0.3, 0.4) is 0 Å². The first-order valence-electron chi connectivity index (χ1n) is 6.04. The zero-order chi connectivity index (χ0) is 14.5. The highest BCUT2D eigenvalue weighted by atomic mass is 79.9. The third-order valence-electron chi connectivity index (χ3n) is 2.87. The molecule has 0 spiro atoms. The summed E-state index contributed by atoms with van der Waals surface area (Å²) in [4.78, 5) is 0. The Hall–Kier alpha value is -1.39. The minimum atomic E-state index is 0.633. The quantitative estimate of drug-likeness (QED) is 0.840. The fourth-order valence-corrected chi connectivity index (χ4v) is 2.42. The van der Waals surface area contributed by atoms with Crippen molar-refractivity contribution >= 4 is 33.2 Å². The Labute approximate surface area is 132 Å². The van der Waals surface area contributed by atoms with Crippen LogP contribution in [0.25, 0.3) is 0 Å². The maximum absolute atomic E-state index is 6.16. The van der Waals surface area contributed by atoms with E-state index < -0.39 is 0 Å². The summed E-state index contributed by atoms with van der Waals surface area (Å²) in [5.41, 5.74) is 1.97. The maximum Gasteiger partial charge on any atom is 0.162 e. The van der Waals surface area contributed by atoms with Gasteiger partial charge in [-0.05, 0) is 35.9 Å². The highest BCUT2D eigenvalue weighted by molar-refractivity contribution is 9.10. The van der Waals surface area contributed by atoms with Crippen LogP contribution in [0.1, 0.15) is 5.56 Å². The number of hydrogen-bond donors (Lipinski definition) is 1. The molecule has 0 bridgehead atoms. The molecule has 0 saturated heterocycles. The third-order valence-corrected chi connectivity index (χ3v) is 3.74. The molecule has 0 saturated carbocycles. The molecule has 0 heterocycles. The molecule has 0 unspecified atom stereocenters. The summed E-state index contributed by atoms with van der Waals surface area (Å²) >= 11 is 9.60. The molecule has 2 aromatic carbocycles. The van der Waals surface area contributed by atoms with E-state index in [2.05, 4.69) is 21.2 Å². The van der Waals surface area contributed by atoms with Crippen molar-refractivity contribution in [3.63, 3.8) is 0 Å². The van der Waals surface area contributed by atoms with Gasteiger partial charge in [-0.15, -0.1) is 0 Å². The van der Waals surface area contributed by atoms with Crippen molar-refractivity contribution in [1.82, 2.24) is 0 Å². The molecule has 106 valence electrons. The van der Waals surface area contributed by atoms with Crippen LogP contribution in [0, 0.1) is 0 Å². The molecule has 20 heavy (non-hydrogen) atoms. The Kier molecular flexibility index (Phi) is 5.15. The van der Waals surface area contributed by atoms with E-state index in [0.29, 0.717) is 18.0 Å². The molecule has 2 rings (SSSR count). The van der Waals surface area contributed by atoms with Crippen LogP contribution in [0.15, 0.2) is 40.9 Å². The van der Waals surface area contributed by atoms with Crippen LogP contribution in [-0.2, 0) is 6.54 Å². The smallest absolute Gasteiger partial charge is 0.162 e. The monoisotopic (exact) mass is 355 g/mol. The fraction of sp³-hybridized carbons (Fsp3) is 0.200. The van der Waals surface area contributed by atoms with Crippen molar-refractivity contribution in [3.8, 4) is 11.5 Å². The molecule has 2 aromatic rings. The van der Waals surface area contributed by atoms with Gasteiger partial charge in [-0.1, -0.05) is 27.5 Å². The van der Waals surface area contributed by atoms with Crippen molar-refractivity contribution in [2.75, 3.05) is 19.5 Å². The van der Waals surface area contributed by atoms with Crippen molar-refractivity contribution < 1.29 is 9.47 Å². The van der Waals surface area contributed by atoms with Gasteiger partial charge in [0.05, 0.1) is 14.2 Å². The van der Waals surface area contributed by atoms with Gasteiger partial charge in [0.15, 0.2) is 11.5 Å². The molecule has 0 aromatic heterocycles. The van der Waals surface area contributed by atoms with Crippen LogP contribution in [0.4, 0.5) is 5.69 Å². The highest BCUT2D eigenvalue weighted by Gasteiger charge is 2.05. The molecule has 0 atom stereocenters. The van der Waals surface area contributed by atoms with E-state index in [9.17, 15) is 0 Å². The lowest BCUT2D eigenvalue weighted by Crippen LogP contribution is -2.01. The second kappa shape index (κ2) is 6.86. The molecule has 3 nitrogen and oxygen atoms in total. The van der Waals surface area contributed by atoms with E-state index >= 15 is 0 Å². The van der Waals surface area contributed by atoms with Crippen molar-refractivity contribution in [1.29, 1.82) is 0 Å². The predicted molar refractivity (Wildman–Crippen MR) is 86.0 cm³/mol. The molecular formula is C15H15BrClNO2. The summed E-state index contributed by atoms with van der Waals surface area (Å²) in [6, 6.07) is 11.5. The Balaban J connectivity index is 2.12. The van der Waals surface area contributed by atoms with E-state index in [1.54, 1.807) is 14.2 Å². The Morgan fingerprint density at radius 3 is 2.50 bits per heavy atom. The molecular weight excluding hydrogens is 342 g/mol. The predicted octanol–water partition coefficient (Wildman–Crippen LogP) is 4.73. The average molecular weight is 357 g/mol. The van der Waals surface area contributed by atoms with E-state index in [0.717, 1.165) is 20.7 Å². The number of halogens is 2. The maximum atomic E-state index is 6.16. The van der Waals surface area contributed by atoms with Crippen LogP contribution in [0.5, 0.6) is 11.5 Å². The number of benzene rings is 2. The first-order valence-corrected chi connectivity index (χ1v) is 7.21. The van der Waals surface area contributed by atoms with Gasteiger partial charge in [-0.2, -0.15) is 0 Å². The number of hydrogen-bond acceptors (Lipinski definition) is 3. The van der Waals surface area contributed by atoms with E-state index in [-0.39, 0.29) is 0 Å². The molecule has 5 heteroatoms. The standard InChI is InChI=1S/C15H15BrClNO2/c1-19-14-6-4-12(8-15(14)20-2)18-9-10-7-11(16)3-5-13(10)17/h3-8,18H,9H2,1-2H3. The van der Waals surface area contributed by atoms with Gasteiger partial charge in [0.25, 0.3) is 0 Å². The zero-order valence-electron chi connectivity index (χ0n) is 11.2. The third kappa shape index (κ3) is 3.58. The molecule has 0 radical (unpaired) electrons. The van der Waals surface area contributed by atoms with Gasteiger partial charge in [0.2, 0.25) is 0 Å². The SMILES string of the molecule is COc1ccc(NCc2cc(Br)ccc2Cl)cc1OC. The fourth-order valence-electron chi connectivity index (χ4n) is 1.82. The second-order valence-electron chi connectivity index (χ2n) is 4.16. The van der Waals surface area contributed by atoms with Crippen LogP contribution in [0.2, 0.25) is 5.02 Å². The normalized spacial score (nSPS) is 10.2. The highest BCUT2D eigenvalue weighted by Crippen LogP contribution is 2.30. The summed E-state index contributed by atoms with van der Waals surface area (Å²) in [6.45, 7) is 0.633. The summed E-state index contributed by atoms with van der Waals surface area (Å²) < 4.78 is 11.5. The molecule has 0 fully saturated rings. The Morgan fingerprint density at radius 1 is 1.05 bits per heavy atom. The first-order chi connectivity index (χ1) is 9.63. The summed E-state index contributed by atoms with van der Waals surface area (Å²) in [5.74, 6) is 1.40. The van der Waals surface area contributed by atoms with Gasteiger partial charge >= 0.3 is 0 Å². The number of methoxy groups -OCH3 is 2. The lowest BCUT2D eigenvalue weighted by atomic mass is 10.2. The molecule has 0 aliphatic heterocycles. The lowest BCUT2D eigenvalue weighted by molar-refractivity contribution is 0.355. The van der Waals surface area contributed by atoms with Gasteiger partial charge in [0, 0.05) is 27.8 Å². The first kappa shape index (κ1) is 15.0. The topological polar surface area (TPSA) is 30.5 Å². The number of anilines is 1. The van der Waals surface area contributed by atoms with Gasteiger partial charge < -0.3 is 14.8 Å². The number of rotatable bonds is 5. The largest absolute Gasteiger partial charge is 0.493 e. The van der Waals surface area contributed by atoms with Crippen molar-refractivity contribution in [2.24, 2.45) is 0 Å². The summed E-state index contributed by atoms with van der Waals surface area (Å²) in [5, 5.41) is 4.05. The van der Waals surface area contributed by atoms with Crippen LogP contribution >= 0.6 is 27.5 Å². The average Bonchev–Trinajstić information content (AvgIpc) is 2.47. The minimum Gasteiger partial charge on any atom is -0.493 e. The van der Waals surface area contributed by atoms with E-state index in [1.807, 2.05) is 36.4 Å². The molecule has 1 N–H and O–H groups in total. The Bertz CT molecular complexity index is 604. The second-order valence-corrected chi connectivity index (χ2v) is 5.48. The van der Waals surface area contributed by atoms with Gasteiger partial charge in [-0.3, -0.25) is 0 Å². The summed E-state index contributed by atoms with van der Waals surface area (Å²) in [6.07, 6.45) is 0. The van der Waals surface area contributed by atoms with Crippen LogP contribution < -0.4 is 14.8 Å². The number of ether oxygens (including phenoxy) is 2. The van der Waals surface area contributed by atoms with E-state index in [4.69, 9.17) is 21.1 Å².